The summed E-state index contributed by atoms with van der Waals surface area (Å²) in [5, 5.41) is 4.83. The van der Waals surface area contributed by atoms with E-state index < -0.39 is 0 Å². The van der Waals surface area contributed by atoms with Gasteiger partial charge in [0.1, 0.15) is 17.0 Å². The number of hydrogen-bond donors (Lipinski definition) is 1. The van der Waals surface area contributed by atoms with Crippen molar-refractivity contribution in [2.75, 3.05) is 16.8 Å². The number of thiophene rings is 1. The number of thioether (sulfide) groups is 1. The highest BCUT2D eigenvalue weighted by atomic mass is 32.2. The van der Waals surface area contributed by atoms with E-state index >= 15 is 0 Å². The number of hydrogen-bond acceptors (Lipinski definition) is 5. The Morgan fingerprint density at radius 1 is 1.33 bits per heavy atom. The van der Waals surface area contributed by atoms with Gasteiger partial charge in [-0.15, -0.1) is 11.3 Å². The lowest BCUT2D eigenvalue weighted by Gasteiger charge is -2.23. The largest absolute Gasteiger partial charge is 0.366 e. The Hall–Kier alpha value is -0.810. The quantitative estimate of drug-likeness (QED) is 0.911. The first-order valence-electron chi connectivity index (χ1n) is 6.30. The third-order valence-corrected chi connectivity index (χ3v) is 5.80. The van der Waals surface area contributed by atoms with E-state index in [0.717, 1.165) is 10.6 Å². The van der Waals surface area contributed by atoms with E-state index in [1.165, 1.54) is 40.2 Å². The molecule has 1 atom stereocenters. The van der Waals surface area contributed by atoms with Crippen molar-refractivity contribution >= 4 is 39.1 Å². The summed E-state index contributed by atoms with van der Waals surface area (Å²) in [5.41, 5.74) is 1.32. The van der Waals surface area contributed by atoms with Crippen LogP contribution in [0.2, 0.25) is 0 Å². The maximum absolute atomic E-state index is 4.45. The molecule has 18 heavy (non-hydrogen) atoms. The van der Waals surface area contributed by atoms with Crippen LogP contribution >= 0.6 is 23.1 Å². The smallest absolute Gasteiger partial charge is 0.138 e. The summed E-state index contributed by atoms with van der Waals surface area (Å²) in [5.74, 6) is 3.51. The van der Waals surface area contributed by atoms with Crippen molar-refractivity contribution < 1.29 is 0 Å². The number of nitrogens with zero attached hydrogens (tertiary/aromatic N) is 2. The first-order chi connectivity index (χ1) is 8.75. The minimum atomic E-state index is 0.557. The standard InChI is InChI=1S/C13H17N3S2/c1-8-9(2)18-13-11(8)12(14-7-15-13)16-10-4-3-5-17-6-10/h7,10H,3-6H2,1-2H3,(H,14,15,16). The van der Waals surface area contributed by atoms with Crippen LogP contribution in [0.5, 0.6) is 0 Å². The van der Waals surface area contributed by atoms with Gasteiger partial charge in [0, 0.05) is 16.7 Å². The van der Waals surface area contributed by atoms with Crippen LogP contribution in [0.4, 0.5) is 5.82 Å². The Bertz CT molecular complexity index is 559. The molecule has 3 heterocycles. The maximum atomic E-state index is 4.45. The van der Waals surface area contributed by atoms with Gasteiger partial charge >= 0.3 is 0 Å². The van der Waals surface area contributed by atoms with E-state index in [2.05, 4.69) is 29.1 Å². The molecule has 1 fully saturated rings. The average Bonchev–Trinajstić information content (AvgIpc) is 2.67. The number of rotatable bonds is 2. The van der Waals surface area contributed by atoms with E-state index in [1.807, 2.05) is 11.8 Å². The van der Waals surface area contributed by atoms with Crippen LogP contribution in [-0.4, -0.2) is 27.5 Å². The molecule has 1 unspecified atom stereocenters. The highest BCUT2D eigenvalue weighted by Gasteiger charge is 2.17. The fourth-order valence-corrected chi connectivity index (χ4v) is 4.41. The van der Waals surface area contributed by atoms with Crippen LogP contribution in [0.15, 0.2) is 6.33 Å². The van der Waals surface area contributed by atoms with Gasteiger partial charge in [-0.1, -0.05) is 0 Å². The van der Waals surface area contributed by atoms with Crippen molar-refractivity contribution in [2.45, 2.75) is 32.7 Å². The summed E-state index contributed by atoms with van der Waals surface area (Å²) in [6.45, 7) is 4.32. The van der Waals surface area contributed by atoms with Crippen molar-refractivity contribution in [2.24, 2.45) is 0 Å². The second kappa shape index (κ2) is 5.05. The average molecular weight is 279 g/mol. The summed E-state index contributed by atoms with van der Waals surface area (Å²) in [6.07, 6.45) is 4.23. The van der Waals surface area contributed by atoms with E-state index in [0.29, 0.717) is 6.04 Å². The first kappa shape index (κ1) is 12.2. The van der Waals surface area contributed by atoms with Crippen LogP contribution in [0.1, 0.15) is 23.3 Å². The fourth-order valence-electron chi connectivity index (χ4n) is 2.34. The number of anilines is 1. The van der Waals surface area contributed by atoms with Crippen LogP contribution in [0.3, 0.4) is 0 Å². The lowest BCUT2D eigenvalue weighted by atomic mass is 10.1. The minimum absolute atomic E-state index is 0.557. The molecule has 0 spiro atoms. The van der Waals surface area contributed by atoms with E-state index in [-0.39, 0.29) is 0 Å². The van der Waals surface area contributed by atoms with Gasteiger partial charge < -0.3 is 5.32 Å². The van der Waals surface area contributed by atoms with Gasteiger partial charge in [0.05, 0.1) is 5.39 Å². The summed E-state index contributed by atoms with van der Waals surface area (Å²) in [7, 11) is 0. The van der Waals surface area contributed by atoms with Crippen LogP contribution in [0, 0.1) is 13.8 Å². The lowest BCUT2D eigenvalue weighted by Crippen LogP contribution is -2.26. The van der Waals surface area contributed by atoms with E-state index in [9.17, 15) is 0 Å². The van der Waals surface area contributed by atoms with E-state index in [4.69, 9.17) is 0 Å². The van der Waals surface area contributed by atoms with Gasteiger partial charge in [-0.25, -0.2) is 9.97 Å². The Morgan fingerprint density at radius 2 is 2.22 bits per heavy atom. The molecule has 1 aliphatic heterocycles. The Labute approximate surface area is 115 Å². The zero-order chi connectivity index (χ0) is 12.5. The zero-order valence-electron chi connectivity index (χ0n) is 10.7. The molecule has 0 bridgehead atoms. The number of nitrogens with one attached hydrogen (secondary N) is 1. The fraction of sp³-hybridized carbons (Fsp3) is 0.538. The number of aryl methyl sites for hydroxylation is 2. The topological polar surface area (TPSA) is 37.8 Å². The molecule has 1 aliphatic rings. The zero-order valence-corrected chi connectivity index (χ0v) is 12.3. The van der Waals surface area contributed by atoms with Gasteiger partial charge in [-0.3, -0.25) is 0 Å². The molecule has 1 N–H and O–H groups in total. The molecule has 96 valence electrons. The second-order valence-corrected chi connectivity index (χ2v) is 7.10. The monoisotopic (exact) mass is 279 g/mol. The molecule has 0 aliphatic carbocycles. The molecule has 3 nitrogen and oxygen atoms in total. The van der Waals surface area contributed by atoms with Crippen molar-refractivity contribution in [1.29, 1.82) is 0 Å². The third-order valence-electron chi connectivity index (χ3n) is 3.47. The van der Waals surface area contributed by atoms with Crippen LogP contribution in [0.25, 0.3) is 10.2 Å². The van der Waals surface area contributed by atoms with Crippen LogP contribution in [-0.2, 0) is 0 Å². The van der Waals surface area contributed by atoms with Crippen molar-refractivity contribution in [3.63, 3.8) is 0 Å². The molecule has 1 saturated heterocycles. The van der Waals surface area contributed by atoms with Gasteiger partial charge in [-0.2, -0.15) is 11.8 Å². The molecule has 0 aromatic carbocycles. The molecular weight excluding hydrogens is 262 g/mol. The third kappa shape index (κ3) is 2.21. The lowest BCUT2D eigenvalue weighted by molar-refractivity contribution is 0.683. The molecular formula is C13H17N3S2. The van der Waals surface area contributed by atoms with E-state index in [1.54, 1.807) is 17.7 Å². The normalized spacial score (nSPS) is 20.2. The summed E-state index contributed by atoms with van der Waals surface area (Å²) in [4.78, 5) is 11.3. The highest BCUT2D eigenvalue weighted by molar-refractivity contribution is 7.99. The highest BCUT2D eigenvalue weighted by Crippen LogP contribution is 2.33. The van der Waals surface area contributed by atoms with Gasteiger partial charge in [0.2, 0.25) is 0 Å². The number of fused-ring (bicyclic) bond motifs is 1. The van der Waals surface area contributed by atoms with Gasteiger partial charge in [-0.05, 0) is 38.0 Å². The van der Waals surface area contributed by atoms with Crippen molar-refractivity contribution in [3.8, 4) is 0 Å². The van der Waals surface area contributed by atoms with Gasteiger partial charge in [0.25, 0.3) is 0 Å². The maximum Gasteiger partial charge on any atom is 0.138 e. The summed E-state index contributed by atoms with van der Waals surface area (Å²) >= 11 is 3.79. The number of aromatic nitrogens is 2. The van der Waals surface area contributed by atoms with Crippen molar-refractivity contribution in [3.05, 3.63) is 16.8 Å². The SMILES string of the molecule is Cc1sc2ncnc(NC3CCCSC3)c2c1C. The Kier molecular flexibility index (Phi) is 3.43. The molecule has 3 rings (SSSR count). The second-order valence-electron chi connectivity index (χ2n) is 4.74. The molecule has 0 radical (unpaired) electrons. The Balaban J connectivity index is 1.95. The van der Waals surface area contributed by atoms with Gasteiger partial charge in [0.15, 0.2) is 0 Å². The predicted octanol–water partition coefficient (Wildman–Crippen LogP) is 3.62. The molecule has 5 heteroatoms. The molecule has 2 aromatic heterocycles. The van der Waals surface area contributed by atoms with Crippen molar-refractivity contribution in [1.82, 2.24) is 9.97 Å². The predicted molar refractivity (Wildman–Crippen MR) is 80.9 cm³/mol. The first-order valence-corrected chi connectivity index (χ1v) is 8.28. The van der Waals surface area contributed by atoms with Crippen LogP contribution < -0.4 is 5.32 Å². The molecule has 0 saturated carbocycles. The Morgan fingerprint density at radius 3 is 3.00 bits per heavy atom. The molecule has 0 amide bonds. The summed E-state index contributed by atoms with van der Waals surface area (Å²) < 4.78 is 0. The molecule has 2 aromatic rings. The minimum Gasteiger partial charge on any atom is -0.366 e. The summed E-state index contributed by atoms with van der Waals surface area (Å²) in [6, 6.07) is 0.557.